The third-order valence-electron chi connectivity index (χ3n) is 4.87. The van der Waals surface area contributed by atoms with Crippen LogP contribution < -0.4 is 9.47 Å². The molecule has 7 heteroatoms. The number of H-pyrrole nitrogens is 1. The van der Waals surface area contributed by atoms with Crippen LogP contribution in [0, 0.1) is 21.8 Å². The molecule has 0 fully saturated rings. The minimum atomic E-state index is 0.420. The van der Waals surface area contributed by atoms with E-state index in [2.05, 4.69) is 54.6 Å². The summed E-state index contributed by atoms with van der Waals surface area (Å²) < 4.78 is 13.5. The molecule has 0 saturated heterocycles. The van der Waals surface area contributed by atoms with E-state index in [-0.39, 0.29) is 0 Å². The Balaban J connectivity index is 1.63. The van der Waals surface area contributed by atoms with Gasteiger partial charge >= 0.3 is 0 Å². The summed E-state index contributed by atoms with van der Waals surface area (Å²) in [6.07, 6.45) is 1.78. The summed E-state index contributed by atoms with van der Waals surface area (Å²) in [4.78, 5) is 7.79. The lowest BCUT2D eigenvalue weighted by atomic mass is 10.1. The van der Waals surface area contributed by atoms with Crippen molar-refractivity contribution < 1.29 is 9.47 Å². The standard InChI is InChI=1S/C25H19BrIN3O2/c1-15-3-8-21-22(9-15)30-25(29-21)18(13-28)10-17-11-20(26)24(23(12-17)31-2)32-14-16-4-6-19(27)7-5-16/h3-12H,14H2,1-2H3,(H,29,30)/b18-10-. The zero-order chi connectivity index (χ0) is 22.7. The Bertz CT molecular complexity index is 1350. The maximum absolute atomic E-state index is 9.75. The molecule has 0 unspecified atom stereocenters. The molecule has 1 aromatic heterocycles. The van der Waals surface area contributed by atoms with Gasteiger partial charge in [-0.05, 0) is 105 Å². The molecule has 1 heterocycles. The number of fused-ring (bicyclic) bond motifs is 1. The van der Waals surface area contributed by atoms with Crippen LogP contribution in [0.5, 0.6) is 11.5 Å². The van der Waals surface area contributed by atoms with Crippen LogP contribution in [0.25, 0.3) is 22.7 Å². The molecule has 0 spiro atoms. The first-order chi connectivity index (χ1) is 15.5. The van der Waals surface area contributed by atoms with Crippen molar-refractivity contribution >= 4 is 61.2 Å². The lowest BCUT2D eigenvalue weighted by Gasteiger charge is -2.14. The Labute approximate surface area is 208 Å². The molecule has 160 valence electrons. The van der Waals surface area contributed by atoms with Crippen LogP contribution in [0.1, 0.15) is 22.5 Å². The van der Waals surface area contributed by atoms with Gasteiger partial charge in [0.2, 0.25) is 0 Å². The van der Waals surface area contributed by atoms with Crippen molar-refractivity contribution in [2.24, 2.45) is 0 Å². The molecule has 0 aliphatic heterocycles. The number of hydrogen-bond acceptors (Lipinski definition) is 4. The number of hydrogen-bond donors (Lipinski definition) is 1. The molecule has 0 bridgehead atoms. The van der Waals surface area contributed by atoms with Crippen LogP contribution >= 0.6 is 38.5 Å². The van der Waals surface area contributed by atoms with Gasteiger partial charge in [-0.1, -0.05) is 18.2 Å². The van der Waals surface area contributed by atoms with Crippen LogP contribution in [-0.2, 0) is 6.61 Å². The van der Waals surface area contributed by atoms with Crippen molar-refractivity contribution in [2.75, 3.05) is 7.11 Å². The Morgan fingerprint density at radius 3 is 2.69 bits per heavy atom. The van der Waals surface area contributed by atoms with Crippen LogP contribution in [0.15, 0.2) is 59.1 Å². The van der Waals surface area contributed by atoms with Crippen molar-refractivity contribution in [3.05, 3.63) is 85.2 Å². The van der Waals surface area contributed by atoms with E-state index in [1.165, 1.54) is 3.57 Å². The molecule has 5 nitrogen and oxygen atoms in total. The third-order valence-corrected chi connectivity index (χ3v) is 6.18. The van der Waals surface area contributed by atoms with E-state index in [0.717, 1.165) is 32.2 Å². The van der Waals surface area contributed by atoms with E-state index in [1.54, 1.807) is 13.2 Å². The summed E-state index contributed by atoms with van der Waals surface area (Å²) in [6, 6.07) is 20.1. The minimum Gasteiger partial charge on any atom is -0.493 e. The number of nitrogens with zero attached hydrogens (tertiary/aromatic N) is 2. The molecule has 4 rings (SSSR count). The largest absolute Gasteiger partial charge is 0.493 e. The molecule has 0 aliphatic rings. The van der Waals surface area contributed by atoms with Gasteiger partial charge in [-0.2, -0.15) is 5.26 Å². The summed E-state index contributed by atoms with van der Waals surface area (Å²) in [5.41, 5.74) is 5.15. The second-order valence-corrected chi connectivity index (χ2v) is 9.33. The van der Waals surface area contributed by atoms with E-state index in [9.17, 15) is 5.26 Å². The smallest absolute Gasteiger partial charge is 0.175 e. The summed E-state index contributed by atoms with van der Waals surface area (Å²) in [5.74, 6) is 1.72. The van der Waals surface area contributed by atoms with E-state index in [0.29, 0.717) is 29.5 Å². The lowest BCUT2D eigenvalue weighted by molar-refractivity contribution is 0.282. The SMILES string of the molecule is COc1cc(/C=C(/C#N)c2nc3ccc(C)cc3[nH]2)cc(Br)c1OCc1ccc(I)cc1. The fraction of sp³-hybridized carbons (Fsp3) is 0.120. The van der Waals surface area contributed by atoms with E-state index in [1.807, 2.05) is 61.5 Å². The van der Waals surface area contributed by atoms with E-state index < -0.39 is 0 Å². The lowest BCUT2D eigenvalue weighted by Crippen LogP contribution is -1.99. The number of aromatic amines is 1. The Hall–Kier alpha value is -2.83. The van der Waals surface area contributed by atoms with Crippen molar-refractivity contribution in [3.8, 4) is 17.6 Å². The van der Waals surface area contributed by atoms with Gasteiger partial charge in [-0.25, -0.2) is 4.98 Å². The van der Waals surface area contributed by atoms with Gasteiger partial charge in [-0.3, -0.25) is 0 Å². The highest BCUT2D eigenvalue weighted by molar-refractivity contribution is 14.1. The molecule has 32 heavy (non-hydrogen) atoms. The summed E-state index contributed by atoms with van der Waals surface area (Å²) >= 11 is 5.86. The number of rotatable bonds is 6. The monoisotopic (exact) mass is 599 g/mol. The molecule has 0 amide bonds. The van der Waals surface area contributed by atoms with E-state index in [4.69, 9.17) is 9.47 Å². The number of methoxy groups -OCH3 is 1. The first-order valence-corrected chi connectivity index (χ1v) is 11.7. The first kappa shape index (κ1) is 22.4. The topological polar surface area (TPSA) is 70.9 Å². The number of halogens is 2. The number of aryl methyl sites for hydroxylation is 1. The van der Waals surface area contributed by atoms with E-state index >= 15 is 0 Å². The highest BCUT2D eigenvalue weighted by atomic mass is 127. The zero-order valence-electron chi connectivity index (χ0n) is 17.4. The number of imidazole rings is 1. The third kappa shape index (κ3) is 4.97. The van der Waals surface area contributed by atoms with Crippen LogP contribution in [0.4, 0.5) is 0 Å². The van der Waals surface area contributed by atoms with Gasteiger partial charge in [0, 0.05) is 3.57 Å². The Morgan fingerprint density at radius 2 is 1.97 bits per heavy atom. The average Bonchev–Trinajstić information content (AvgIpc) is 3.20. The van der Waals surface area contributed by atoms with Crippen molar-refractivity contribution in [1.82, 2.24) is 9.97 Å². The fourth-order valence-electron chi connectivity index (χ4n) is 3.27. The number of allylic oxidation sites excluding steroid dienone is 1. The Kier molecular flexibility index (Phi) is 6.82. The number of nitriles is 1. The number of benzene rings is 3. The molecule has 3 aromatic carbocycles. The molecule has 0 aliphatic carbocycles. The second-order valence-electron chi connectivity index (χ2n) is 7.23. The quantitative estimate of drug-likeness (QED) is 0.193. The number of aromatic nitrogens is 2. The molecular formula is C25H19BrIN3O2. The van der Waals surface area contributed by atoms with Crippen molar-refractivity contribution in [3.63, 3.8) is 0 Å². The van der Waals surface area contributed by atoms with Crippen LogP contribution in [-0.4, -0.2) is 17.1 Å². The summed E-state index contributed by atoms with van der Waals surface area (Å²) in [7, 11) is 1.60. The van der Waals surface area contributed by atoms with Gasteiger partial charge in [0.1, 0.15) is 18.5 Å². The number of ether oxygens (including phenoxy) is 2. The minimum absolute atomic E-state index is 0.420. The van der Waals surface area contributed by atoms with Gasteiger partial charge in [0.15, 0.2) is 11.5 Å². The average molecular weight is 600 g/mol. The van der Waals surface area contributed by atoms with Gasteiger partial charge < -0.3 is 14.5 Å². The summed E-state index contributed by atoms with van der Waals surface area (Å²) in [6.45, 7) is 2.44. The normalized spacial score (nSPS) is 11.4. The molecule has 0 radical (unpaired) electrons. The van der Waals surface area contributed by atoms with Crippen molar-refractivity contribution in [2.45, 2.75) is 13.5 Å². The number of nitrogens with one attached hydrogen (secondary N) is 1. The zero-order valence-corrected chi connectivity index (χ0v) is 21.2. The molecule has 4 aromatic rings. The maximum Gasteiger partial charge on any atom is 0.175 e. The van der Waals surface area contributed by atoms with Crippen LogP contribution in [0.2, 0.25) is 0 Å². The Morgan fingerprint density at radius 1 is 1.19 bits per heavy atom. The molecular weight excluding hydrogens is 581 g/mol. The van der Waals surface area contributed by atoms with Gasteiger partial charge in [-0.15, -0.1) is 0 Å². The second kappa shape index (κ2) is 9.76. The first-order valence-electron chi connectivity index (χ1n) is 9.80. The summed E-state index contributed by atoms with van der Waals surface area (Å²) in [5, 5.41) is 9.75. The van der Waals surface area contributed by atoms with Crippen LogP contribution in [0.3, 0.4) is 0 Å². The highest BCUT2D eigenvalue weighted by Gasteiger charge is 2.14. The van der Waals surface area contributed by atoms with Gasteiger partial charge in [0.05, 0.1) is 28.2 Å². The van der Waals surface area contributed by atoms with Gasteiger partial charge in [0.25, 0.3) is 0 Å². The predicted octanol–water partition coefficient (Wildman–Crippen LogP) is 6.89. The highest BCUT2D eigenvalue weighted by Crippen LogP contribution is 2.38. The molecule has 0 saturated carbocycles. The predicted molar refractivity (Wildman–Crippen MR) is 138 cm³/mol. The fourth-order valence-corrected chi connectivity index (χ4v) is 4.20. The maximum atomic E-state index is 9.75. The molecule has 0 atom stereocenters. The molecule has 1 N–H and O–H groups in total. The van der Waals surface area contributed by atoms with Crippen molar-refractivity contribution in [1.29, 1.82) is 5.26 Å².